The molecule has 3 N–H and O–H groups in total. The molecule has 0 spiro atoms. The van der Waals surface area contributed by atoms with Crippen LogP contribution in [0.2, 0.25) is 0 Å². The Kier molecular flexibility index (Phi) is 3.66. The van der Waals surface area contributed by atoms with Gasteiger partial charge in [0.05, 0.1) is 5.70 Å². The number of hydrogen-bond donors (Lipinski definition) is 3. The number of nitrogens with one attached hydrogen (secondary N) is 3. The summed E-state index contributed by atoms with van der Waals surface area (Å²) >= 11 is 0. The SMILES string of the molecule is O=CC1C=C(c2ccccc2Nc2ccc(F)cc2)NN1. The zero-order valence-electron chi connectivity index (χ0n) is 11.1. The molecule has 4 nitrogen and oxygen atoms in total. The number of para-hydroxylation sites is 1. The van der Waals surface area contributed by atoms with Crippen molar-refractivity contribution >= 4 is 23.4 Å². The molecule has 1 atom stereocenters. The second-order valence-corrected chi connectivity index (χ2v) is 4.69. The predicted octanol–water partition coefficient (Wildman–Crippen LogP) is 2.59. The molecule has 2 aromatic rings. The molecule has 0 fully saturated rings. The van der Waals surface area contributed by atoms with Crippen LogP contribution in [0.25, 0.3) is 5.70 Å². The number of rotatable bonds is 4. The normalized spacial score (nSPS) is 17.0. The molecule has 0 saturated carbocycles. The molecule has 0 saturated heterocycles. The van der Waals surface area contributed by atoms with E-state index in [9.17, 15) is 9.18 Å². The van der Waals surface area contributed by atoms with Gasteiger partial charge in [-0.2, -0.15) is 0 Å². The Morgan fingerprint density at radius 2 is 1.86 bits per heavy atom. The van der Waals surface area contributed by atoms with Gasteiger partial charge >= 0.3 is 0 Å². The van der Waals surface area contributed by atoms with Crippen molar-refractivity contribution in [2.45, 2.75) is 6.04 Å². The van der Waals surface area contributed by atoms with Crippen LogP contribution in [0, 0.1) is 5.82 Å². The summed E-state index contributed by atoms with van der Waals surface area (Å²) in [6.45, 7) is 0. The first-order chi connectivity index (χ1) is 10.3. The van der Waals surface area contributed by atoms with E-state index in [4.69, 9.17) is 0 Å². The molecule has 21 heavy (non-hydrogen) atoms. The number of hydrogen-bond acceptors (Lipinski definition) is 4. The van der Waals surface area contributed by atoms with Crippen molar-refractivity contribution in [3.05, 3.63) is 66.0 Å². The lowest BCUT2D eigenvalue weighted by molar-refractivity contribution is -0.108. The van der Waals surface area contributed by atoms with Gasteiger partial charge in [0.2, 0.25) is 0 Å². The van der Waals surface area contributed by atoms with Crippen LogP contribution in [0.15, 0.2) is 54.6 Å². The van der Waals surface area contributed by atoms with Crippen molar-refractivity contribution in [3.8, 4) is 0 Å². The largest absolute Gasteiger partial charge is 0.355 e. The average Bonchev–Trinajstić information content (AvgIpc) is 2.99. The van der Waals surface area contributed by atoms with Gasteiger partial charge in [-0.3, -0.25) is 0 Å². The van der Waals surface area contributed by atoms with Crippen molar-refractivity contribution in [3.63, 3.8) is 0 Å². The van der Waals surface area contributed by atoms with Crippen molar-refractivity contribution in [2.75, 3.05) is 5.32 Å². The third kappa shape index (κ3) is 2.93. The predicted molar refractivity (Wildman–Crippen MR) is 80.2 cm³/mol. The van der Waals surface area contributed by atoms with Gasteiger partial charge in [-0.15, -0.1) is 0 Å². The van der Waals surface area contributed by atoms with Crippen LogP contribution in [0.1, 0.15) is 5.56 Å². The van der Waals surface area contributed by atoms with E-state index in [1.54, 1.807) is 12.1 Å². The second-order valence-electron chi connectivity index (χ2n) is 4.69. The molecule has 2 aromatic carbocycles. The van der Waals surface area contributed by atoms with E-state index in [1.165, 1.54) is 12.1 Å². The Morgan fingerprint density at radius 1 is 1.10 bits per heavy atom. The summed E-state index contributed by atoms with van der Waals surface area (Å²) in [6.07, 6.45) is 2.65. The summed E-state index contributed by atoms with van der Waals surface area (Å²) in [5, 5.41) is 3.25. The number of aldehydes is 1. The molecule has 0 amide bonds. The molecular formula is C16H14FN3O. The molecule has 1 aliphatic rings. The van der Waals surface area contributed by atoms with Crippen LogP contribution >= 0.6 is 0 Å². The fourth-order valence-electron chi connectivity index (χ4n) is 2.17. The fraction of sp³-hybridized carbons (Fsp3) is 0.0625. The molecule has 1 unspecified atom stereocenters. The molecule has 0 bridgehead atoms. The Balaban J connectivity index is 1.89. The van der Waals surface area contributed by atoms with Crippen molar-refractivity contribution < 1.29 is 9.18 Å². The van der Waals surface area contributed by atoms with Gasteiger partial charge in [0.25, 0.3) is 0 Å². The number of halogens is 1. The van der Waals surface area contributed by atoms with Crippen LogP contribution < -0.4 is 16.2 Å². The van der Waals surface area contributed by atoms with Crippen molar-refractivity contribution in [1.29, 1.82) is 0 Å². The van der Waals surface area contributed by atoms with Gasteiger partial charge in [-0.05, 0) is 36.4 Å². The maximum Gasteiger partial charge on any atom is 0.142 e. The maximum atomic E-state index is 12.9. The summed E-state index contributed by atoms with van der Waals surface area (Å²) in [5.41, 5.74) is 9.28. The van der Waals surface area contributed by atoms with E-state index in [0.717, 1.165) is 28.9 Å². The van der Waals surface area contributed by atoms with E-state index < -0.39 is 0 Å². The lowest BCUT2D eigenvalue weighted by Gasteiger charge is -2.13. The van der Waals surface area contributed by atoms with Gasteiger partial charge in [0.1, 0.15) is 18.1 Å². The highest BCUT2D eigenvalue weighted by Gasteiger charge is 2.16. The minimum absolute atomic E-state index is 0.271. The smallest absolute Gasteiger partial charge is 0.142 e. The molecule has 1 aliphatic heterocycles. The van der Waals surface area contributed by atoms with Crippen LogP contribution in [-0.2, 0) is 4.79 Å². The summed E-state index contributed by atoms with van der Waals surface area (Å²) in [4.78, 5) is 10.8. The second kappa shape index (κ2) is 5.76. The highest BCUT2D eigenvalue weighted by atomic mass is 19.1. The lowest BCUT2D eigenvalue weighted by atomic mass is 10.1. The Morgan fingerprint density at radius 3 is 2.57 bits per heavy atom. The zero-order chi connectivity index (χ0) is 14.7. The summed E-state index contributed by atoms with van der Waals surface area (Å²) in [6, 6.07) is 13.5. The van der Waals surface area contributed by atoms with Gasteiger partial charge in [-0.1, -0.05) is 18.2 Å². The summed E-state index contributed by atoms with van der Waals surface area (Å²) in [5.74, 6) is -0.271. The zero-order valence-corrected chi connectivity index (χ0v) is 11.1. The van der Waals surface area contributed by atoms with Crippen molar-refractivity contribution in [1.82, 2.24) is 10.9 Å². The first-order valence-corrected chi connectivity index (χ1v) is 6.57. The van der Waals surface area contributed by atoms with E-state index in [0.29, 0.717) is 0 Å². The first-order valence-electron chi connectivity index (χ1n) is 6.57. The quantitative estimate of drug-likeness (QED) is 0.755. The Labute approximate surface area is 121 Å². The molecular weight excluding hydrogens is 269 g/mol. The minimum atomic E-state index is -0.334. The number of carbonyl (C=O) groups is 1. The standard InChI is InChI=1S/C16H14FN3O/c17-11-5-7-12(8-6-11)18-15-4-2-1-3-14(15)16-9-13(10-21)19-20-16/h1-10,13,18-20H. The van der Waals surface area contributed by atoms with E-state index >= 15 is 0 Å². The summed E-state index contributed by atoms with van der Waals surface area (Å²) < 4.78 is 12.9. The van der Waals surface area contributed by atoms with Gasteiger partial charge < -0.3 is 15.5 Å². The van der Waals surface area contributed by atoms with E-state index in [2.05, 4.69) is 16.2 Å². The molecule has 0 aliphatic carbocycles. The monoisotopic (exact) mass is 283 g/mol. The van der Waals surface area contributed by atoms with Gasteiger partial charge in [0.15, 0.2) is 0 Å². The Hall–Kier alpha value is -2.66. The first kappa shape index (κ1) is 13.3. The number of carbonyl (C=O) groups excluding carboxylic acids is 1. The van der Waals surface area contributed by atoms with Crippen LogP contribution in [-0.4, -0.2) is 12.3 Å². The maximum absolute atomic E-state index is 12.9. The molecule has 0 radical (unpaired) electrons. The van der Waals surface area contributed by atoms with E-state index in [1.807, 2.05) is 30.3 Å². The molecule has 106 valence electrons. The molecule has 1 heterocycles. The highest BCUT2D eigenvalue weighted by Crippen LogP contribution is 2.26. The van der Waals surface area contributed by atoms with Crippen LogP contribution in [0.4, 0.5) is 15.8 Å². The summed E-state index contributed by atoms with van der Waals surface area (Å²) in [7, 11) is 0. The number of hydrazine groups is 1. The number of benzene rings is 2. The van der Waals surface area contributed by atoms with Crippen molar-refractivity contribution in [2.24, 2.45) is 0 Å². The topological polar surface area (TPSA) is 53.2 Å². The third-order valence-corrected chi connectivity index (χ3v) is 3.21. The molecule has 5 heteroatoms. The van der Waals surface area contributed by atoms with Gasteiger partial charge in [0, 0.05) is 16.9 Å². The third-order valence-electron chi connectivity index (χ3n) is 3.21. The highest BCUT2D eigenvalue weighted by molar-refractivity contribution is 5.81. The lowest BCUT2D eigenvalue weighted by Crippen LogP contribution is -2.32. The van der Waals surface area contributed by atoms with E-state index in [-0.39, 0.29) is 11.9 Å². The molecule has 3 rings (SSSR count). The van der Waals surface area contributed by atoms with Gasteiger partial charge in [-0.25, -0.2) is 9.82 Å². The van der Waals surface area contributed by atoms with Crippen LogP contribution in [0.3, 0.4) is 0 Å². The fourth-order valence-corrected chi connectivity index (χ4v) is 2.17. The molecule has 0 aromatic heterocycles. The minimum Gasteiger partial charge on any atom is -0.355 e. The Bertz CT molecular complexity index is 682. The van der Waals surface area contributed by atoms with Crippen LogP contribution in [0.5, 0.6) is 0 Å². The average molecular weight is 283 g/mol. The number of anilines is 2.